The van der Waals surface area contributed by atoms with E-state index in [9.17, 15) is 5.11 Å². The number of likely N-dealkylation sites (N-methyl/N-ethyl adjacent to an activating group) is 1. The molecular formula is C12H20N2O2. The Morgan fingerprint density at radius 3 is 2.56 bits per heavy atom. The van der Waals surface area contributed by atoms with Crippen molar-refractivity contribution in [3.8, 4) is 0 Å². The highest BCUT2D eigenvalue weighted by atomic mass is 16.4. The van der Waals surface area contributed by atoms with Crippen molar-refractivity contribution in [1.29, 1.82) is 0 Å². The molecule has 1 saturated heterocycles. The molecule has 1 unspecified atom stereocenters. The van der Waals surface area contributed by atoms with Gasteiger partial charge in [-0.2, -0.15) is 0 Å². The van der Waals surface area contributed by atoms with Gasteiger partial charge in [-0.1, -0.05) is 0 Å². The van der Waals surface area contributed by atoms with Crippen LogP contribution in [0.5, 0.6) is 0 Å². The van der Waals surface area contributed by atoms with Crippen molar-refractivity contribution < 1.29 is 9.52 Å². The van der Waals surface area contributed by atoms with E-state index in [0.717, 1.165) is 31.9 Å². The van der Waals surface area contributed by atoms with Crippen molar-refractivity contribution in [3.05, 3.63) is 23.7 Å². The van der Waals surface area contributed by atoms with Crippen molar-refractivity contribution in [2.75, 3.05) is 39.8 Å². The second kappa shape index (κ2) is 4.99. The molecule has 0 bridgehead atoms. The van der Waals surface area contributed by atoms with E-state index in [4.69, 9.17) is 4.42 Å². The van der Waals surface area contributed by atoms with E-state index in [0.29, 0.717) is 12.3 Å². The van der Waals surface area contributed by atoms with Crippen LogP contribution in [0.15, 0.2) is 16.5 Å². The lowest BCUT2D eigenvalue weighted by atomic mass is 10.2. The van der Waals surface area contributed by atoms with Crippen LogP contribution in [-0.4, -0.2) is 54.7 Å². The number of aryl methyl sites for hydroxylation is 1. The zero-order chi connectivity index (χ0) is 11.5. The van der Waals surface area contributed by atoms with Gasteiger partial charge in [0.1, 0.15) is 17.6 Å². The number of hydrogen-bond acceptors (Lipinski definition) is 4. The van der Waals surface area contributed by atoms with Crippen molar-refractivity contribution in [3.63, 3.8) is 0 Å². The quantitative estimate of drug-likeness (QED) is 0.827. The maximum Gasteiger partial charge on any atom is 0.133 e. The van der Waals surface area contributed by atoms with Crippen LogP contribution < -0.4 is 0 Å². The van der Waals surface area contributed by atoms with E-state index in [-0.39, 0.29) is 0 Å². The van der Waals surface area contributed by atoms with Gasteiger partial charge in [0, 0.05) is 32.7 Å². The summed E-state index contributed by atoms with van der Waals surface area (Å²) in [6, 6.07) is 3.75. The molecule has 1 N–H and O–H groups in total. The summed E-state index contributed by atoms with van der Waals surface area (Å²) in [7, 11) is 2.13. The number of piperazine rings is 1. The summed E-state index contributed by atoms with van der Waals surface area (Å²) >= 11 is 0. The lowest BCUT2D eigenvalue weighted by Gasteiger charge is -2.33. The van der Waals surface area contributed by atoms with Crippen LogP contribution in [0.25, 0.3) is 0 Å². The van der Waals surface area contributed by atoms with Gasteiger partial charge in [-0.05, 0) is 26.1 Å². The largest absolute Gasteiger partial charge is 0.464 e. The fourth-order valence-electron chi connectivity index (χ4n) is 2.00. The molecule has 2 heterocycles. The van der Waals surface area contributed by atoms with Gasteiger partial charge in [-0.25, -0.2) is 0 Å². The molecule has 0 aliphatic carbocycles. The second-order valence-electron chi connectivity index (χ2n) is 4.57. The Morgan fingerprint density at radius 1 is 1.31 bits per heavy atom. The Kier molecular flexibility index (Phi) is 3.63. The van der Waals surface area contributed by atoms with E-state index < -0.39 is 6.10 Å². The van der Waals surface area contributed by atoms with Crippen LogP contribution in [0, 0.1) is 6.92 Å². The molecular weight excluding hydrogens is 204 g/mol. The van der Waals surface area contributed by atoms with Gasteiger partial charge in [0.25, 0.3) is 0 Å². The molecule has 1 aromatic heterocycles. The van der Waals surface area contributed by atoms with Crippen LogP contribution in [0.2, 0.25) is 0 Å². The highest BCUT2D eigenvalue weighted by molar-refractivity contribution is 5.08. The first kappa shape index (κ1) is 11.6. The monoisotopic (exact) mass is 224 g/mol. The van der Waals surface area contributed by atoms with Gasteiger partial charge < -0.3 is 14.4 Å². The van der Waals surface area contributed by atoms with Gasteiger partial charge in [-0.15, -0.1) is 0 Å². The zero-order valence-electron chi connectivity index (χ0n) is 10.0. The van der Waals surface area contributed by atoms with E-state index >= 15 is 0 Å². The number of β-amino-alcohol motifs (C(OH)–C–C–N with tert-alkyl or cyclic N) is 1. The lowest BCUT2D eigenvalue weighted by molar-refractivity contribution is 0.0678. The third kappa shape index (κ3) is 2.84. The third-order valence-electron chi connectivity index (χ3n) is 3.12. The summed E-state index contributed by atoms with van der Waals surface area (Å²) in [4.78, 5) is 4.59. The molecule has 1 atom stereocenters. The van der Waals surface area contributed by atoms with Crippen LogP contribution in [0.4, 0.5) is 0 Å². The summed E-state index contributed by atoms with van der Waals surface area (Å²) in [5.41, 5.74) is 0. The second-order valence-corrected chi connectivity index (χ2v) is 4.57. The summed E-state index contributed by atoms with van der Waals surface area (Å²) in [6.45, 7) is 6.75. The number of aliphatic hydroxyl groups is 1. The molecule has 1 aliphatic heterocycles. The maximum atomic E-state index is 10.0. The van der Waals surface area contributed by atoms with Gasteiger partial charge in [0.2, 0.25) is 0 Å². The molecule has 0 amide bonds. The summed E-state index contributed by atoms with van der Waals surface area (Å²) in [5.74, 6) is 1.53. The summed E-state index contributed by atoms with van der Waals surface area (Å²) in [6.07, 6.45) is -0.503. The predicted octanol–water partition coefficient (Wildman–Crippen LogP) is 0.869. The van der Waals surface area contributed by atoms with Crippen LogP contribution in [0.3, 0.4) is 0 Å². The number of hydrogen-bond donors (Lipinski definition) is 1. The average molecular weight is 224 g/mol. The molecule has 0 spiro atoms. The first-order valence-corrected chi connectivity index (χ1v) is 5.80. The highest BCUT2D eigenvalue weighted by Crippen LogP contribution is 2.17. The molecule has 0 saturated carbocycles. The molecule has 4 nitrogen and oxygen atoms in total. The van der Waals surface area contributed by atoms with E-state index in [1.807, 2.05) is 19.1 Å². The molecule has 1 fully saturated rings. The first-order chi connectivity index (χ1) is 7.65. The normalized spacial score (nSPS) is 21.2. The van der Waals surface area contributed by atoms with E-state index in [1.165, 1.54) is 0 Å². The molecule has 0 aromatic carbocycles. The summed E-state index contributed by atoms with van der Waals surface area (Å²) < 4.78 is 5.42. The molecule has 1 aliphatic rings. The van der Waals surface area contributed by atoms with E-state index in [1.54, 1.807) is 0 Å². The maximum absolute atomic E-state index is 10.0. The smallest absolute Gasteiger partial charge is 0.133 e. The Bertz CT molecular complexity index is 330. The molecule has 4 heteroatoms. The minimum Gasteiger partial charge on any atom is -0.464 e. The fraction of sp³-hybridized carbons (Fsp3) is 0.667. The standard InChI is InChI=1S/C12H20N2O2/c1-10-3-4-12(16-10)11(15)9-14-7-5-13(2)6-8-14/h3-4,11,15H,5-9H2,1-2H3. The minimum atomic E-state index is -0.503. The van der Waals surface area contributed by atoms with Crippen molar-refractivity contribution >= 4 is 0 Å². The topological polar surface area (TPSA) is 39.9 Å². The van der Waals surface area contributed by atoms with Gasteiger partial charge >= 0.3 is 0 Å². The van der Waals surface area contributed by atoms with Gasteiger partial charge in [-0.3, -0.25) is 4.90 Å². The lowest BCUT2D eigenvalue weighted by Crippen LogP contribution is -2.45. The van der Waals surface area contributed by atoms with Gasteiger partial charge in [0.05, 0.1) is 0 Å². The summed E-state index contributed by atoms with van der Waals surface area (Å²) in [5, 5.41) is 10.0. The molecule has 0 radical (unpaired) electrons. The Balaban J connectivity index is 1.85. The third-order valence-corrected chi connectivity index (χ3v) is 3.12. The van der Waals surface area contributed by atoms with E-state index in [2.05, 4.69) is 16.8 Å². The van der Waals surface area contributed by atoms with Crippen LogP contribution >= 0.6 is 0 Å². The molecule has 2 rings (SSSR count). The highest BCUT2D eigenvalue weighted by Gasteiger charge is 2.19. The van der Waals surface area contributed by atoms with Crippen LogP contribution in [-0.2, 0) is 0 Å². The number of aliphatic hydroxyl groups excluding tert-OH is 1. The molecule has 1 aromatic rings. The first-order valence-electron chi connectivity index (χ1n) is 5.80. The Labute approximate surface area is 96.5 Å². The SMILES string of the molecule is Cc1ccc(C(O)CN2CCN(C)CC2)o1. The van der Waals surface area contributed by atoms with Crippen molar-refractivity contribution in [1.82, 2.24) is 9.80 Å². The number of furan rings is 1. The fourth-order valence-corrected chi connectivity index (χ4v) is 2.00. The van der Waals surface area contributed by atoms with Crippen molar-refractivity contribution in [2.24, 2.45) is 0 Å². The average Bonchev–Trinajstić information content (AvgIpc) is 2.68. The van der Waals surface area contributed by atoms with Crippen LogP contribution in [0.1, 0.15) is 17.6 Å². The number of rotatable bonds is 3. The van der Waals surface area contributed by atoms with Crippen molar-refractivity contribution in [2.45, 2.75) is 13.0 Å². The molecule has 90 valence electrons. The Hall–Kier alpha value is -0.840. The minimum absolute atomic E-state index is 0.503. The number of nitrogens with zero attached hydrogens (tertiary/aromatic N) is 2. The Morgan fingerprint density at radius 2 is 2.00 bits per heavy atom. The predicted molar refractivity (Wildman–Crippen MR) is 62.3 cm³/mol. The zero-order valence-corrected chi connectivity index (χ0v) is 10.0. The van der Waals surface area contributed by atoms with Gasteiger partial charge in [0.15, 0.2) is 0 Å². The molecule has 16 heavy (non-hydrogen) atoms.